The van der Waals surface area contributed by atoms with Gasteiger partial charge >= 0.3 is 0 Å². The summed E-state index contributed by atoms with van der Waals surface area (Å²) < 4.78 is 25.8. The number of hydrogen-bond donors (Lipinski definition) is 0. The van der Waals surface area contributed by atoms with E-state index in [1.165, 1.54) is 51.9 Å². The van der Waals surface area contributed by atoms with Crippen molar-refractivity contribution in [3.05, 3.63) is 23.3 Å². The topological polar surface area (TPSA) is 65.6 Å². The van der Waals surface area contributed by atoms with Gasteiger partial charge in [0, 0.05) is 59.4 Å². The molecule has 2 fully saturated rings. The van der Waals surface area contributed by atoms with Crippen LogP contribution in [0.1, 0.15) is 36.8 Å². The van der Waals surface area contributed by atoms with Crippen LogP contribution in [0.5, 0.6) is 5.75 Å². The van der Waals surface area contributed by atoms with Crippen LogP contribution in [0.2, 0.25) is 0 Å². The molecule has 1 aliphatic heterocycles. The van der Waals surface area contributed by atoms with E-state index in [1.54, 1.807) is 11.4 Å². The third kappa shape index (κ3) is 7.99. The molecule has 3 rings (SSSR count). The summed E-state index contributed by atoms with van der Waals surface area (Å²) in [6, 6.07) is 4.52. The van der Waals surface area contributed by atoms with Crippen molar-refractivity contribution in [1.82, 2.24) is 19.0 Å². The van der Waals surface area contributed by atoms with Crippen molar-refractivity contribution >= 4 is 16.9 Å². The van der Waals surface area contributed by atoms with Gasteiger partial charge < -0.3 is 19.3 Å². The lowest BCUT2D eigenvalue weighted by molar-refractivity contribution is -0.135. The number of hydrogen-bond acceptors (Lipinski definition) is 6. The summed E-state index contributed by atoms with van der Waals surface area (Å²) in [5.41, 5.74) is 1.87. The standard InChI is InChI=1S/C27H46N4O4S/c1-21-17-25(34-6)18-22(2)27(21)36(33)30(5)15-16-35-20-26(32)29(4)19-23-7-9-24(10-8-23)31-13-11-28(3)12-14-31/h17-18,23-24H,7-16,19-20H2,1-6H3. The number of methoxy groups -OCH3 is 1. The first-order valence-electron chi connectivity index (χ1n) is 13.2. The van der Waals surface area contributed by atoms with E-state index in [0.29, 0.717) is 25.1 Å². The number of nitrogens with zero attached hydrogens (tertiary/aromatic N) is 4. The highest BCUT2D eigenvalue weighted by molar-refractivity contribution is 7.82. The average Bonchev–Trinajstić information content (AvgIpc) is 2.86. The quantitative estimate of drug-likeness (QED) is 0.416. The Labute approximate surface area is 220 Å². The summed E-state index contributed by atoms with van der Waals surface area (Å²) in [7, 11) is 6.23. The Bertz CT molecular complexity index is 860. The van der Waals surface area contributed by atoms with Gasteiger partial charge in [0.2, 0.25) is 5.91 Å². The van der Waals surface area contributed by atoms with Gasteiger partial charge in [0.1, 0.15) is 23.3 Å². The van der Waals surface area contributed by atoms with Crippen molar-refractivity contribution in [3.8, 4) is 5.75 Å². The largest absolute Gasteiger partial charge is 0.497 e. The zero-order valence-electron chi connectivity index (χ0n) is 23.1. The van der Waals surface area contributed by atoms with Gasteiger partial charge in [-0.25, -0.2) is 8.51 Å². The molecule has 0 spiro atoms. The normalized spacial score (nSPS) is 22.5. The molecule has 0 radical (unpaired) electrons. The molecule has 8 nitrogen and oxygen atoms in total. The highest BCUT2D eigenvalue weighted by Gasteiger charge is 2.28. The van der Waals surface area contributed by atoms with Crippen LogP contribution >= 0.6 is 0 Å². The van der Waals surface area contributed by atoms with Crippen molar-refractivity contribution in [2.75, 3.05) is 80.7 Å². The Balaban J connectivity index is 1.34. The number of aryl methyl sites for hydroxylation is 2. The van der Waals surface area contributed by atoms with E-state index in [1.807, 2.05) is 45.0 Å². The van der Waals surface area contributed by atoms with Crippen LogP contribution in [-0.2, 0) is 20.5 Å². The Hall–Kier alpha value is -1.52. The number of piperazine rings is 1. The molecule has 9 heteroatoms. The van der Waals surface area contributed by atoms with Gasteiger partial charge in [0.05, 0.1) is 18.6 Å². The summed E-state index contributed by atoms with van der Waals surface area (Å²) >= 11 is 0. The van der Waals surface area contributed by atoms with E-state index < -0.39 is 11.0 Å². The molecule has 1 aliphatic carbocycles. The first-order valence-corrected chi connectivity index (χ1v) is 14.3. The number of benzene rings is 1. The van der Waals surface area contributed by atoms with Crippen LogP contribution < -0.4 is 4.74 Å². The molecule has 1 atom stereocenters. The van der Waals surface area contributed by atoms with E-state index >= 15 is 0 Å². The second kappa shape index (κ2) is 13.9. The lowest BCUT2D eigenvalue weighted by atomic mass is 9.84. The number of ether oxygens (including phenoxy) is 2. The second-order valence-corrected chi connectivity index (χ2v) is 12.1. The minimum atomic E-state index is -1.30. The van der Waals surface area contributed by atoms with Gasteiger partial charge in [0.25, 0.3) is 0 Å². The number of carbonyl (C=O) groups is 1. The fraction of sp³-hybridized carbons (Fsp3) is 0.741. The van der Waals surface area contributed by atoms with E-state index in [4.69, 9.17) is 9.47 Å². The average molecular weight is 523 g/mol. The third-order valence-electron chi connectivity index (χ3n) is 7.73. The summed E-state index contributed by atoms with van der Waals surface area (Å²) in [6.45, 7) is 10.3. The summed E-state index contributed by atoms with van der Waals surface area (Å²) in [5, 5.41) is 0. The van der Waals surface area contributed by atoms with Crippen molar-refractivity contribution < 1.29 is 18.5 Å². The lowest BCUT2D eigenvalue weighted by Crippen LogP contribution is -2.50. The highest BCUT2D eigenvalue weighted by Crippen LogP contribution is 2.29. The fourth-order valence-electron chi connectivity index (χ4n) is 5.37. The number of carbonyl (C=O) groups excluding carboxylic acids is 1. The van der Waals surface area contributed by atoms with E-state index in [-0.39, 0.29) is 12.5 Å². The van der Waals surface area contributed by atoms with Gasteiger partial charge in [-0.15, -0.1) is 0 Å². The Morgan fingerprint density at radius 3 is 2.25 bits per heavy atom. The monoisotopic (exact) mass is 522 g/mol. The highest BCUT2D eigenvalue weighted by atomic mass is 32.2. The lowest BCUT2D eigenvalue weighted by Gasteiger charge is -2.41. The molecular weight excluding hydrogens is 476 g/mol. The van der Waals surface area contributed by atoms with E-state index in [9.17, 15) is 9.00 Å². The fourth-order valence-corrected chi connectivity index (χ4v) is 6.59. The molecule has 1 saturated heterocycles. The summed E-state index contributed by atoms with van der Waals surface area (Å²) in [5.74, 6) is 1.36. The van der Waals surface area contributed by atoms with Crippen molar-refractivity contribution in [2.24, 2.45) is 5.92 Å². The SMILES string of the molecule is COc1cc(C)c(S(=O)N(C)CCOCC(=O)N(C)CC2CCC(N3CCN(C)CC3)CC2)c(C)c1. The molecule has 1 unspecified atom stereocenters. The first kappa shape index (κ1) is 29.0. The van der Waals surface area contributed by atoms with Crippen molar-refractivity contribution in [1.29, 1.82) is 0 Å². The molecule has 0 N–H and O–H groups in total. The van der Waals surface area contributed by atoms with Gasteiger partial charge in [-0.2, -0.15) is 0 Å². The maximum Gasteiger partial charge on any atom is 0.248 e. The summed E-state index contributed by atoms with van der Waals surface area (Å²) in [6.07, 6.45) is 4.86. The minimum absolute atomic E-state index is 0.0156. The van der Waals surface area contributed by atoms with Crippen LogP contribution in [-0.4, -0.2) is 116 Å². The van der Waals surface area contributed by atoms with Crippen LogP contribution in [0.3, 0.4) is 0 Å². The van der Waals surface area contributed by atoms with Gasteiger partial charge in [-0.3, -0.25) is 9.69 Å². The molecule has 204 valence electrons. The molecule has 36 heavy (non-hydrogen) atoms. The second-order valence-electron chi connectivity index (χ2n) is 10.5. The third-order valence-corrected chi connectivity index (χ3v) is 9.47. The Morgan fingerprint density at radius 2 is 1.67 bits per heavy atom. The zero-order chi connectivity index (χ0) is 26.2. The minimum Gasteiger partial charge on any atom is -0.497 e. The molecule has 2 aliphatic rings. The Kier molecular flexibility index (Phi) is 11.2. The molecule has 1 amide bonds. The maximum atomic E-state index is 13.0. The van der Waals surface area contributed by atoms with Crippen LogP contribution in [0, 0.1) is 19.8 Å². The van der Waals surface area contributed by atoms with Crippen LogP contribution in [0.4, 0.5) is 0 Å². The predicted molar refractivity (Wildman–Crippen MR) is 145 cm³/mol. The van der Waals surface area contributed by atoms with E-state index in [2.05, 4.69) is 16.8 Å². The molecule has 1 aromatic carbocycles. The molecular formula is C27H46N4O4S. The smallest absolute Gasteiger partial charge is 0.248 e. The first-order chi connectivity index (χ1) is 17.2. The molecule has 0 bridgehead atoms. The molecule has 1 heterocycles. The molecule has 0 aromatic heterocycles. The molecule has 1 aromatic rings. The van der Waals surface area contributed by atoms with Crippen LogP contribution in [0.15, 0.2) is 17.0 Å². The van der Waals surface area contributed by atoms with E-state index in [0.717, 1.165) is 28.3 Å². The number of amides is 1. The van der Waals surface area contributed by atoms with Gasteiger partial charge in [-0.05, 0) is 75.8 Å². The molecule has 1 saturated carbocycles. The van der Waals surface area contributed by atoms with Crippen molar-refractivity contribution in [3.63, 3.8) is 0 Å². The maximum absolute atomic E-state index is 13.0. The predicted octanol–water partition coefficient (Wildman–Crippen LogP) is 2.55. The van der Waals surface area contributed by atoms with Crippen LogP contribution in [0.25, 0.3) is 0 Å². The number of likely N-dealkylation sites (N-methyl/N-ethyl adjacent to an activating group) is 3. The van der Waals surface area contributed by atoms with Crippen molar-refractivity contribution in [2.45, 2.75) is 50.5 Å². The summed E-state index contributed by atoms with van der Waals surface area (Å²) in [4.78, 5) is 20.3. The number of rotatable bonds is 11. The Morgan fingerprint density at radius 1 is 1.06 bits per heavy atom. The van der Waals surface area contributed by atoms with Gasteiger partial charge in [-0.1, -0.05) is 0 Å². The zero-order valence-corrected chi connectivity index (χ0v) is 23.9. The van der Waals surface area contributed by atoms with Gasteiger partial charge in [0.15, 0.2) is 0 Å².